The van der Waals surface area contributed by atoms with Gasteiger partial charge in [-0.2, -0.15) is 4.31 Å². The highest BCUT2D eigenvalue weighted by molar-refractivity contribution is 7.89. The minimum atomic E-state index is -3.88. The van der Waals surface area contributed by atoms with Gasteiger partial charge in [0.25, 0.3) is 0 Å². The van der Waals surface area contributed by atoms with Gasteiger partial charge in [-0.15, -0.1) is 0 Å². The number of halogens is 2. The lowest BCUT2D eigenvalue weighted by Gasteiger charge is -2.23. The summed E-state index contributed by atoms with van der Waals surface area (Å²) in [5.74, 6) is -0.818. The number of hydrogen-bond acceptors (Lipinski definition) is 3. The fourth-order valence-electron chi connectivity index (χ4n) is 1.93. The topological polar surface area (TPSA) is 63.4 Å². The first-order valence-electron chi connectivity index (χ1n) is 5.80. The van der Waals surface area contributed by atoms with Crippen LogP contribution in [0.25, 0.3) is 0 Å². The van der Waals surface area contributed by atoms with Crippen molar-refractivity contribution in [2.75, 3.05) is 13.1 Å². The maximum Gasteiger partial charge on any atom is 0.246 e. The van der Waals surface area contributed by atoms with Gasteiger partial charge in [-0.1, -0.05) is 23.8 Å². The summed E-state index contributed by atoms with van der Waals surface area (Å²) in [6, 6.07) is 2.47. The molecular weight excluding hydrogens is 291 g/mol. The summed E-state index contributed by atoms with van der Waals surface area (Å²) < 4.78 is 40.1. The van der Waals surface area contributed by atoms with Crippen LogP contribution in [0.5, 0.6) is 0 Å². The molecule has 0 saturated heterocycles. The lowest BCUT2D eigenvalue weighted by atomic mass is 10.2. The first-order chi connectivity index (χ1) is 8.96. The molecule has 4 nitrogen and oxygen atoms in total. The molecule has 104 valence electrons. The molecule has 2 rings (SSSR count). The van der Waals surface area contributed by atoms with Gasteiger partial charge >= 0.3 is 0 Å². The van der Waals surface area contributed by atoms with Crippen LogP contribution in [-0.4, -0.2) is 25.8 Å². The van der Waals surface area contributed by atoms with E-state index in [2.05, 4.69) is 0 Å². The zero-order valence-electron chi connectivity index (χ0n) is 10.1. The van der Waals surface area contributed by atoms with E-state index in [-0.39, 0.29) is 23.7 Å². The summed E-state index contributed by atoms with van der Waals surface area (Å²) >= 11 is 5.83. The van der Waals surface area contributed by atoms with Crippen LogP contribution in [0.15, 0.2) is 29.2 Å². The first-order valence-corrected chi connectivity index (χ1v) is 7.61. The van der Waals surface area contributed by atoms with E-state index in [4.69, 9.17) is 17.3 Å². The summed E-state index contributed by atoms with van der Waals surface area (Å²) in [5.41, 5.74) is 5.49. The van der Waals surface area contributed by atoms with Crippen molar-refractivity contribution in [3.05, 3.63) is 40.7 Å². The van der Waals surface area contributed by atoms with E-state index in [1.54, 1.807) is 6.08 Å². The average molecular weight is 305 g/mol. The molecule has 2 N–H and O–H groups in total. The third-order valence-corrected chi connectivity index (χ3v) is 5.02. The van der Waals surface area contributed by atoms with Gasteiger partial charge in [0.1, 0.15) is 10.7 Å². The first kappa shape index (κ1) is 14.5. The average Bonchev–Trinajstić information content (AvgIpc) is 2.41. The lowest BCUT2D eigenvalue weighted by molar-refractivity contribution is 0.432. The van der Waals surface area contributed by atoms with Crippen molar-refractivity contribution in [2.24, 2.45) is 5.73 Å². The van der Waals surface area contributed by atoms with Crippen molar-refractivity contribution in [1.29, 1.82) is 0 Å². The monoisotopic (exact) mass is 304 g/mol. The second-order valence-electron chi connectivity index (χ2n) is 4.20. The lowest BCUT2D eigenvalue weighted by Crippen LogP contribution is -2.34. The van der Waals surface area contributed by atoms with Gasteiger partial charge < -0.3 is 5.73 Å². The smallest absolute Gasteiger partial charge is 0.246 e. The third kappa shape index (κ3) is 2.81. The minimum Gasteiger partial charge on any atom is -0.326 e. The van der Waals surface area contributed by atoms with Gasteiger partial charge in [0.05, 0.1) is 0 Å². The van der Waals surface area contributed by atoms with Crippen LogP contribution in [0.4, 0.5) is 4.39 Å². The van der Waals surface area contributed by atoms with Crippen molar-refractivity contribution >= 4 is 21.6 Å². The summed E-state index contributed by atoms with van der Waals surface area (Å²) in [5, 5.41) is 0.160. The molecule has 1 heterocycles. The molecule has 0 bridgehead atoms. The normalized spacial score (nSPS) is 16.8. The van der Waals surface area contributed by atoms with Gasteiger partial charge in [-0.05, 0) is 18.6 Å². The van der Waals surface area contributed by atoms with Gasteiger partial charge in [0.15, 0.2) is 0 Å². The molecule has 0 spiro atoms. The molecule has 0 aromatic heterocycles. The Balaban J connectivity index is 2.51. The molecule has 7 heteroatoms. The number of nitrogens with zero attached hydrogens (tertiary/aromatic N) is 1. The van der Waals surface area contributed by atoms with E-state index < -0.39 is 20.7 Å². The Hall–Kier alpha value is -0.950. The molecule has 0 amide bonds. The van der Waals surface area contributed by atoms with Crippen molar-refractivity contribution in [3.63, 3.8) is 0 Å². The van der Waals surface area contributed by atoms with Crippen LogP contribution in [-0.2, 0) is 16.6 Å². The van der Waals surface area contributed by atoms with Crippen LogP contribution in [0.3, 0.4) is 0 Å². The number of hydrogen-bond donors (Lipinski definition) is 1. The summed E-state index contributed by atoms with van der Waals surface area (Å²) in [4.78, 5) is -0.407. The molecule has 0 unspecified atom stereocenters. The molecule has 0 radical (unpaired) electrons. The highest BCUT2D eigenvalue weighted by atomic mass is 35.5. The van der Waals surface area contributed by atoms with Crippen molar-refractivity contribution in [3.8, 4) is 0 Å². The zero-order valence-corrected chi connectivity index (χ0v) is 11.7. The van der Waals surface area contributed by atoms with Crippen molar-refractivity contribution in [2.45, 2.75) is 17.9 Å². The van der Waals surface area contributed by atoms with E-state index in [0.29, 0.717) is 13.0 Å². The van der Waals surface area contributed by atoms with E-state index in [0.717, 1.165) is 6.07 Å². The van der Waals surface area contributed by atoms with Crippen molar-refractivity contribution < 1.29 is 12.8 Å². The fourth-order valence-corrected chi connectivity index (χ4v) is 3.78. The maximum absolute atomic E-state index is 14.1. The quantitative estimate of drug-likeness (QED) is 0.867. The number of nitrogens with two attached hydrogens (primary N) is 1. The number of benzene rings is 1. The minimum absolute atomic E-state index is 0.0960. The predicted molar refractivity (Wildman–Crippen MR) is 71.8 cm³/mol. The van der Waals surface area contributed by atoms with Crippen LogP contribution < -0.4 is 5.73 Å². The Kier molecular flexibility index (Phi) is 4.25. The molecule has 0 fully saturated rings. The molecule has 1 aromatic carbocycles. The Morgan fingerprint density at radius 2 is 2.11 bits per heavy atom. The van der Waals surface area contributed by atoms with Crippen LogP contribution >= 0.6 is 11.6 Å². The molecule has 1 aliphatic heterocycles. The van der Waals surface area contributed by atoms with Crippen LogP contribution in [0.2, 0.25) is 5.02 Å². The van der Waals surface area contributed by atoms with E-state index >= 15 is 0 Å². The van der Waals surface area contributed by atoms with E-state index in [1.807, 2.05) is 6.08 Å². The Morgan fingerprint density at radius 3 is 2.68 bits per heavy atom. The van der Waals surface area contributed by atoms with Crippen LogP contribution in [0, 0.1) is 5.82 Å². The highest BCUT2D eigenvalue weighted by Crippen LogP contribution is 2.27. The Bertz CT molecular complexity index is 616. The van der Waals surface area contributed by atoms with Crippen molar-refractivity contribution in [1.82, 2.24) is 4.31 Å². The summed E-state index contributed by atoms with van der Waals surface area (Å²) in [7, 11) is -3.88. The zero-order chi connectivity index (χ0) is 14.0. The molecule has 1 aromatic rings. The standard InChI is InChI=1S/C12H14ClFN2O2S/c13-10-6-9(8-15)12(14)11(7-10)19(17,18)16-4-2-1-3-5-16/h1-2,6-7H,3-5,8,15H2. The second kappa shape index (κ2) is 5.58. The van der Waals surface area contributed by atoms with E-state index in [1.165, 1.54) is 10.4 Å². The summed E-state index contributed by atoms with van der Waals surface area (Å²) in [6.07, 6.45) is 4.25. The molecule has 0 aliphatic carbocycles. The third-order valence-electron chi connectivity index (χ3n) is 2.94. The molecular formula is C12H14ClFN2O2S. The highest BCUT2D eigenvalue weighted by Gasteiger charge is 2.28. The molecule has 0 saturated carbocycles. The predicted octanol–water partition coefficient (Wildman–Crippen LogP) is 1.89. The van der Waals surface area contributed by atoms with Gasteiger partial charge in [0, 0.05) is 30.2 Å². The SMILES string of the molecule is NCc1cc(Cl)cc(S(=O)(=O)N2CC=CCC2)c1F. The Labute approximate surface area is 116 Å². The van der Waals surface area contributed by atoms with Crippen LogP contribution in [0.1, 0.15) is 12.0 Å². The molecule has 0 atom stereocenters. The van der Waals surface area contributed by atoms with Gasteiger partial charge in [-0.3, -0.25) is 0 Å². The van der Waals surface area contributed by atoms with E-state index in [9.17, 15) is 12.8 Å². The molecule has 1 aliphatic rings. The Morgan fingerprint density at radius 1 is 1.37 bits per heavy atom. The largest absolute Gasteiger partial charge is 0.326 e. The fraction of sp³-hybridized carbons (Fsp3) is 0.333. The maximum atomic E-state index is 14.1. The van der Waals surface area contributed by atoms with Gasteiger partial charge in [0.2, 0.25) is 10.0 Å². The molecule has 19 heavy (non-hydrogen) atoms. The van der Waals surface area contributed by atoms with Gasteiger partial charge in [-0.25, -0.2) is 12.8 Å². The number of sulfonamides is 1. The number of rotatable bonds is 3. The second-order valence-corrected chi connectivity index (χ2v) is 6.55. The summed E-state index contributed by atoms with van der Waals surface area (Å²) in [6.45, 7) is 0.476.